The summed E-state index contributed by atoms with van der Waals surface area (Å²) in [6.45, 7) is 3.15. The standard InChI is InChI=1S/C12H22N2O/c1-9-5-4-7-10(9)14-11-6-2-3-8-13-12(11)15/h9-11,14H,2-8H2,1H3,(H,13,15). The molecular weight excluding hydrogens is 188 g/mol. The second kappa shape index (κ2) is 4.97. The molecule has 1 aliphatic carbocycles. The Kier molecular flexibility index (Phi) is 3.62. The van der Waals surface area contributed by atoms with Crippen LogP contribution in [0.5, 0.6) is 0 Å². The van der Waals surface area contributed by atoms with Gasteiger partial charge >= 0.3 is 0 Å². The van der Waals surface area contributed by atoms with E-state index in [1.54, 1.807) is 0 Å². The molecule has 0 aromatic carbocycles. The Labute approximate surface area is 92.0 Å². The normalized spacial score (nSPS) is 37.4. The second-order valence-electron chi connectivity index (χ2n) is 5.02. The fourth-order valence-corrected chi connectivity index (χ4v) is 2.75. The molecule has 1 heterocycles. The van der Waals surface area contributed by atoms with Crippen molar-refractivity contribution in [2.24, 2.45) is 5.92 Å². The van der Waals surface area contributed by atoms with Gasteiger partial charge in [0.15, 0.2) is 0 Å². The Morgan fingerprint density at radius 2 is 2.07 bits per heavy atom. The van der Waals surface area contributed by atoms with Gasteiger partial charge in [-0.15, -0.1) is 0 Å². The zero-order chi connectivity index (χ0) is 10.7. The van der Waals surface area contributed by atoms with E-state index in [0.717, 1.165) is 31.7 Å². The van der Waals surface area contributed by atoms with Crippen LogP contribution in [-0.4, -0.2) is 24.5 Å². The van der Waals surface area contributed by atoms with Crippen LogP contribution in [0, 0.1) is 5.92 Å². The van der Waals surface area contributed by atoms with Crippen molar-refractivity contribution < 1.29 is 4.79 Å². The molecule has 1 saturated carbocycles. The van der Waals surface area contributed by atoms with E-state index >= 15 is 0 Å². The maximum atomic E-state index is 11.7. The van der Waals surface area contributed by atoms with Gasteiger partial charge in [0.1, 0.15) is 0 Å². The summed E-state index contributed by atoms with van der Waals surface area (Å²) in [7, 11) is 0. The Morgan fingerprint density at radius 1 is 1.20 bits per heavy atom. The Balaban J connectivity index is 1.88. The summed E-state index contributed by atoms with van der Waals surface area (Å²) in [4.78, 5) is 11.7. The Hall–Kier alpha value is -0.570. The van der Waals surface area contributed by atoms with Crippen molar-refractivity contribution in [2.45, 2.75) is 57.5 Å². The highest BCUT2D eigenvalue weighted by atomic mass is 16.2. The van der Waals surface area contributed by atoms with Gasteiger partial charge in [-0.05, 0) is 38.0 Å². The van der Waals surface area contributed by atoms with Crippen LogP contribution in [0.3, 0.4) is 0 Å². The van der Waals surface area contributed by atoms with E-state index in [1.165, 1.54) is 19.3 Å². The number of carbonyl (C=O) groups is 1. The fraction of sp³-hybridized carbons (Fsp3) is 0.917. The van der Waals surface area contributed by atoms with E-state index in [4.69, 9.17) is 0 Å². The summed E-state index contributed by atoms with van der Waals surface area (Å²) in [6.07, 6.45) is 7.17. The smallest absolute Gasteiger partial charge is 0.237 e. The lowest BCUT2D eigenvalue weighted by Gasteiger charge is -2.23. The third-order valence-corrected chi connectivity index (χ3v) is 3.81. The number of hydrogen-bond donors (Lipinski definition) is 2. The summed E-state index contributed by atoms with van der Waals surface area (Å²) >= 11 is 0. The molecule has 0 aromatic rings. The molecule has 1 amide bonds. The monoisotopic (exact) mass is 210 g/mol. The van der Waals surface area contributed by atoms with E-state index in [1.807, 2.05) is 0 Å². The second-order valence-corrected chi connectivity index (χ2v) is 5.02. The lowest BCUT2D eigenvalue weighted by molar-refractivity contribution is -0.123. The maximum Gasteiger partial charge on any atom is 0.237 e. The van der Waals surface area contributed by atoms with E-state index in [0.29, 0.717) is 6.04 Å². The van der Waals surface area contributed by atoms with E-state index in [9.17, 15) is 4.79 Å². The highest BCUT2D eigenvalue weighted by Gasteiger charge is 2.28. The van der Waals surface area contributed by atoms with Crippen molar-refractivity contribution in [2.75, 3.05) is 6.54 Å². The zero-order valence-electron chi connectivity index (χ0n) is 9.59. The summed E-state index contributed by atoms with van der Waals surface area (Å²) in [5, 5.41) is 6.53. The molecule has 3 atom stereocenters. The van der Waals surface area contributed by atoms with E-state index < -0.39 is 0 Å². The van der Waals surface area contributed by atoms with Crippen molar-refractivity contribution >= 4 is 5.91 Å². The molecule has 0 radical (unpaired) electrons. The van der Waals surface area contributed by atoms with Crippen LogP contribution in [0.2, 0.25) is 0 Å². The van der Waals surface area contributed by atoms with Crippen LogP contribution in [0.15, 0.2) is 0 Å². The quantitative estimate of drug-likeness (QED) is 0.724. The molecule has 1 saturated heterocycles. The summed E-state index contributed by atoms with van der Waals surface area (Å²) < 4.78 is 0. The number of hydrogen-bond acceptors (Lipinski definition) is 2. The van der Waals surface area contributed by atoms with Crippen LogP contribution in [-0.2, 0) is 4.79 Å². The van der Waals surface area contributed by atoms with Gasteiger partial charge in [0.25, 0.3) is 0 Å². The molecule has 3 heteroatoms. The Morgan fingerprint density at radius 3 is 2.80 bits per heavy atom. The van der Waals surface area contributed by atoms with Crippen molar-refractivity contribution in [3.63, 3.8) is 0 Å². The fourth-order valence-electron chi connectivity index (χ4n) is 2.75. The molecule has 2 fully saturated rings. The van der Waals surface area contributed by atoms with Crippen LogP contribution in [0.1, 0.15) is 45.4 Å². The highest BCUT2D eigenvalue weighted by Crippen LogP contribution is 2.25. The van der Waals surface area contributed by atoms with Crippen LogP contribution in [0.4, 0.5) is 0 Å². The van der Waals surface area contributed by atoms with Gasteiger partial charge in [0.2, 0.25) is 5.91 Å². The summed E-state index contributed by atoms with van der Waals surface area (Å²) in [5.74, 6) is 0.952. The van der Waals surface area contributed by atoms with Crippen LogP contribution < -0.4 is 10.6 Å². The third kappa shape index (κ3) is 2.71. The summed E-state index contributed by atoms with van der Waals surface area (Å²) in [5.41, 5.74) is 0. The average Bonchev–Trinajstić information content (AvgIpc) is 2.50. The third-order valence-electron chi connectivity index (χ3n) is 3.81. The van der Waals surface area contributed by atoms with E-state index in [-0.39, 0.29) is 11.9 Å². The van der Waals surface area contributed by atoms with Gasteiger partial charge in [0.05, 0.1) is 6.04 Å². The van der Waals surface area contributed by atoms with Crippen molar-refractivity contribution in [3.05, 3.63) is 0 Å². The van der Waals surface area contributed by atoms with Crippen LogP contribution >= 0.6 is 0 Å². The molecule has 2 N–H and O–H groups in total. The number of carbonyl (C=O) groups excluding carboxylic acids is 1. The molecule has 86 valence electrons. The first kappa shape index (κ1) is 10.9. The van der Waals surface area contributed by atoms with Crippen LogP contribution in [0.25, 0.3) is 0 Å². The first-order valence-corrected chi connectivity index (χ1v) is 6.31. The van der Waals surface area contributed by atoms with Gasteiger partial charge in [0, 0.05) is 12.6 Å². The zero-order valence-corrected chi connectivity index (χ0v) is 9.59. The average molecular weight is 210 g/mol. The Bertz CT molecular complexity index is 230. The van der Waals surface area contributed by atoms with Crippen molar-refractivity contribution in [1.82, 2.24) is 10.6 Å². The minimum atomic E-state index is 0.0676. The first-order chi connectivity index (χ1) is 7.27. The minimum Gasteiger partial charge on any atom is -0.355 e. The molecule has 2 rings (SSSR count). The van der Waals surface area contributed by atoms with Gasteiger partial charge in [-0.3, -0.25) is 4.79 Å². The van der Waals surface area contributed by atoms with Crippen molar-refractivity contribution in [1.29, 1.82) is 0 Å². The molecule has 0 aromatic heterocycles. The summed E-state index contributed by atoms with van der Waals surface area (Å²) in [6, 6.07) is 0.636. The highest BCUT2D eigenvalue weighted by molar-refractivity contribution is 5.81. The minimum absolute atomic E-state index is 0.0676. The number of amides is 1. The molecule has 2 aliphatic rings. The predicted molar refractivity (Wildman–Crippen MR) is 60.6 cm³/mol. The molecule has 3 unspecified atom stereocenters. The molecule has 3 nitrogen and oxygen atoms in total. The lowest BCUT2D eigenvalue weighted by Crippen LogP contribution is -2.48. The molecule has 0 bridgehead atoms. The van der Waals surface area contributed by atoms with Gasteiger partial charge in [-0.1, -0.05) is 13.3 Å². The van der Waals surface area contributed by atoms with E-state index in [2.05, 4.69) is 17.6 Å². The predicted octanol–water partition coefficient (Wildman–Crippen LogP) is 1.43. The maximum absolute atomic E-state index is 11.7. The van der Waals surface area contributed by atoms with Crippen molar-refractivity contribution in [3.8, 4) is 0 Å². The topological polar surface area (TPSA) is 41.1 Å². The molecule has 15 heavy (non-hydrogen) atoms. The lowest BCUT2D eigenvalue weighted by atomic mass is 10.0. The number of nitrogens with one attached hydrogen (secondary N) is 2. The largest absolute Gasteiger partial charge is 0.355 e. The first-order valence-electron chi connectivity index (χ1n) is 6.31. The van der Waals surface area contributed by atoms with Gasteiger partial charge < -0.3 is 10.6 Å². The number of rotatable bonds is 2. The molecule has 0 spiro atoms. The molecule has 1 aliphatic heterocycles. The SMILES string of the molecule is CC1CCCC1NC1CCCCNC1=O. The molecular formula is C12H22N2O. The van der Waals surface area contributed by atoms with Gasteiger partial charge in [-0.2, -0.15) is 0 Å². The van der Waals surface area contributed by atoms with Gasteiger partial charge in [-0.25, -0.2) is 0 Å².